The van der Waals surface area contributed by atoms with Gasteiger partial charge in [0.2, 0.25) is 5.91 Å². The monoisotopic (exact) mass is 287 g/mol. The van der Waals surface area contributed by atoms with E-state index >= 15 is 0 Å². The molecule has 1 unspecified atom stereocenters. The molecule has 1 atom stereocenters. The lowest BCUT2D eigenvalue weighted by Crippen LogP contribution is -2.55. The van der Waals surface area contributed by atoms with Gasteiger partial charge < -0.3 is 11.1 Å². The first-order chi connectivity index (χ1) is 8.80. The molecule has 1 heterocycles. The number of carbonyl (C=O) groups is 1. The predicted molar refractivity (Wildman–Crippen MR) is 72.1 cm³/mol. The summed E-state index contributed by atoms with van der Waals surface area (Å²) < 4.78 is 1.34. The van der Waals surface area contributed by atoms with E-state index in [-0.39, 0.29) is 0 Å². The highest BCUT2D eigenvalue weighted by Crippen LogP contribution is 2.18. The number of hydrogen-bond acceptors (Lipinski definition) is 6. The standard InChI is InChI=1S/C10H17N5O3S/c1-4-12-10(2,8(11)18)5-19-9-13-6(16)7(17)14-15(9)3/h12H,4-5H2,1-3H3,(H2,11,18)(H,14,17). The minimum atomic E-state index is -0.909. The van der Waals surface area contributed by atoms with Gasteiger partial charge in [-0.05, 0) is 13.5 Å². The molecule has 0 aliphatic carbocycles. The van der Waals surface area contributed by atoms with Crippen LogP contribution in [0.5, 0.6) is 0 Å². The first-order valence-corrected chi connectivity index (χ1v) is 6.64. The van der Waals surface area contributed by atoms with E-state index in [1.165, 1.54) is 4.68 Å². The molecule has 0 fully saturated rings. The Bertz CT molecular complexity index is 581. The zero-order chi connectivity index (χ0) is 14.6. The number of nitrogens with two attached hydrogens (primary N) is 1. The van der Waals surface area contributed by atoms with Crippen LogP contribution in [0.4, 0.5) is 0 Å². The molecule has 0 aromatic carbocycles. The summed E-state index contributed by atoms with van der Waals surface area (Å²) in [5, 5.41) is 5.64. The van der Waals surface area contributed by atoms with Crippen LogP contribution in [0.2, 0.25) is 0 Å². The van der Waals surface area contributed by atoms with E-state index in [0.717, 1.165) is 11.8 Å². The SMILES string of the molecule is CCNC(C)(CSc1nc(=O)c(=O)[nH]n1C)C(N)=O. The predicted octanol–water partition coefficient (Wildman–Crippen LogP) is -1.59. The van der Waals surface area contributed by atoms with E-state index in [1.807, 2.05) is 6.92 Å². The molecular weight excluding hydrogens is 270 g/mol. The molecule has 0 aliphatic heterocycles. The molecule has 0 aliphatic rings. The maximum absolute atomic E-state index is 11.4. The third-order valence-corrected chi connectivity index (χ3v) is 3.89. The molecule has 0 saturated carbocycles. The van der Waals surface area contributed by atoms with Gasteiger partial charge in [-0.3, -0.25) is 24.2 Å². The molecule has 1 amide bonds. The average Bonchev–Trinajstić information content (AvgIpc) is 2.32. The summed E-state index contributed by atoms with van der Waals surface area (Å²) in [6.07, 6.45) is 0. The number of aromatic nitrogens is 3. The minimum absolute atomic E-state index is 0.294. The van der Waals surface area contributed by atoms with E-state index in [2.05, 4.69) is 15.4 Å². The summed E-state index contributed by atoms with van der Waals surface area (Å²) in [7, 11) is 1.56. The zero-order valence-corrected chi connectivity index (χ0v) is 11.8. The fraction of sp³-hybridized carbons (Fsp3) is 0.600. The van der Waals surface area contributed by atoms with Crippen molar-refractivity contribution in [2.45, 2.75) is 24.5 Å². The number of primary amides is 1. The van der Waals surface area contributed by atoms with Gasteiger partial charge in [-0.25, -0.2) is 0 Å². The van der Waals surface area contributed by atoms with Crippen LogP contribution >= 0.6 is 11.8 Å². The van der Waals surface area contributed by atoms with Gasteiger partial charge in [0.15, 0.2) is 5.16 Å². The number of H-pyrrole nitrogens is 1. The maximum Gasteiger partial charge on any atom is 0.339 e. The molecule has 8 nitrogen and oxygen atoms in total. The third-order valence-electron chi connectivity index (χ3n) is 2.55. The molecule has 0 bridgehead atoms. The van der Waals surface area contributed by atoms with Gasteiger partial charge in [0, 0.05) is 12.8 Å². The molecule has 9 heteroatoms. The van der Waals surface area contributed by atoms with Crippen molar-refractivity contribution in [3.63, 3.8) is 0 Å². The largest absolute Gasteiger partial charge is 0.368 e. The quantitative estimate of drug-likeness (QED) is 0.428. The highest BCUT2D eigenvalue weighted by Gasteiger charge is 2.30. The second-order valence-electron chi connectivity index (χ2n) is 4.21. The average molecular weight is 287 g/mol. The smallest absolute Gasteiger partial charge is 0.339 e. The molecule has 1 aromatic heterocycles. The lowest BCUT2D eigenvalue weighted by molar-refractivity contribution is -0.122. The molecule has 4 N–H and O–H groups in total. The number of thioether (sulfide) groups is 1. The number of amides is 1. The van der Waals surface area contributed by atoms with Crippen LogP contribution in [0.25, 0.3) is 0 Å². The van der Waals surface area contributed by atoms with Crippen molar-refractivity contribution in [1.29, 1.82) is 0 Å². The summed E-state index contributed by atoms with van der Waals surface area (Å²) in [5.41, 5.74) is 2.80. The third kappa shape index (κ3) is 3.67. The normalized spacial score (nSPS) is 14.1. The summed E-state index contributed by atoms with van der Waals surface area (Å²) in [6, 6.07) is 0. The Morgan fingerprint density at radius 3 is 2.74 bits per heavy atom. The number of rotatable bonds is 6. The summed E-state index contributed by atoms with van der Waals surface area (Å²) in [4.78, 5) is 37.3. The Morgan fingerprint density at radius 1 is 1.58 bits per heavy atom. The first-order valence-electron chi connectivity index (χ1n) is 5.65. The highest BCUT2D eigenvalue weighted by atomic mass is 32.2. The molecule has 1 aromatic rings. The van der Waals surface area contributed by atoms with Crippen molar-refractivity contribution in [1.82, 2.24) is 20.1 Å². The van der Waals surface area contributed by atoms with Crippen LogP contribution in [0, 0.1) is 0 Å². The number of hydrogen-bond donors (Lipinski definition) is 3. The van der Waals surface area contributed by atoms with Crippen LogP contribution in [0.15, 0.2) is 14.7 Å². The van der Waals surface area contributed by atoms with Gasteiger partial charge in [-0.15, -0.1) is 0 Å². The lowest BCUT2D eigenvalue weighted by Gasteiger charge is -2.26. The molecule has 106 valence electrons. The van der Waals surface area contributed by atoms with Crippen LogP contribution in [0.3, 0.4) is 0 Å². The lowest BCUT2D eigenvalue weighted by atomic mass is 10.1. The summed E-state index contributed by atoms with van der Waals surface area (Å²) in [5.74, 6) is -0.195. The van der Waals surface area contributed by atoms with Crippen LogP contribution < -0.4 is 22.2 Å². The van der Waals surface area contributed by atoms with E-state index in [1.54, 1.807) is 14.0 Å². The Labute approximate surface area is 113 Å². The molecule has 0 spiro atoms. The van der Waals surface area contributed by atoms with Crippen LogP contribution in [-0.2, 0) is 11.8 Å². The summed E-state index contributed by atoms with van der Waals surface area (Å²) in [6.45, 7) is 4.12. The van der Waals surface area contributed by atoms with E-state index in [9.17, 15) is 14.4 Å². The van der Waals surface area contributed by atoms with Gasteiger partial charge in [0.25, 0.3) is 0 Å². The second-order valence-corrected chi connectivity index (χ2v) is 5.16. The maximum atomic E-state index is 11.4. The van der Waals surface area contributed by atoms with Gasteiger partial charge in [0.1, 0.15) is 5.54 Å². The van der Waals surface area contributed by atoms with Crippen molar-refractivity contribution >= 4 is 17.7 Å². The van der Waals surface area contributed by atoms with E-state index in [4.69, 9.17) is 5.73 Å². The number of nitrogens with zero attached hydrogens (tertiary/aromatic N) is 2. The van der Waals surface area contributed by atoms with Crippen molar-refractivity contribution in [2.75, 3.05) is 12.3 Å². The Hall–Kier alpha value is -1.61. The molecule has 0 radical (unpaired) electrons. The van der Waals surface area contributed by atoms with Crippen molar-refractivity contribution in [3.8, 4) is 0 Å². The van der Waals surface area contributed by atoms with Gasteiger partial charge in [0.05, 0.1) is 0 Å². The van der Waals surface area contributed by atoms with Gasteiger partial charge >= 0.3 is 11.1 Å². The number of carbonyl (C=O) groups excluding carboxylic acids is 1. The fourth-order valence-electron chi connectivity index (χ4n) is 1.40. The van der Waals surface area contributed by atoms with Crippen LogP contribution in [0.1, 0.15) is 13.8 Å². The molecular formula is C10H17N5O3S. The topological polar surface area (TPSA) is 123 Å². The number of aryl methyl sites for hydroxylation is 1. The summed E-state index contributed by atoms with van der Waals surface area (Å²) >= 11 is 1.16. The van der Waals surface area contributed by atoms with Crippen molar-refractivity contribution in [3.05, 3.63) is 20.7 Å². The minimum Gasteiger partial charge on any atom is -0.368 e. The molecule has 0 saturated heterocycles. The zero-order valence-electron chi connectivity index (χ0n) is 11.0. The first kappa shape index (κ1) is 15.4. The highest BCUT2D eigenvalue weighted by molar-refractivity contribution is 7.99. The fourth-order valence-corrected chi connectivity index (χ4v) is 2.45. The van der Waals surface area contributed by atoms with Crippen molar-refractivity contribution in [2.24, 2.45) is 12.8 Å². The van der Waals surface area contributed by atoms with Crippen molar-refractivity contribution < 1.29 is 4.79 Å². The number of aromatic amines is 1. The van der Waals surface area contributed by atoms with E-state index in [0.29, 0.717) is 17.5 Å². The molecule has 19 heavy (non-hydrogen) atoms. The number of nitrogens with one attached hydrogen (secondary N) is 2. The van der Waals surface area contributed by atoms with Gasteiger partial charge in [-0.1, -0.05) is 18.7 Å². The van der Waals surface area contributed by atoms with Gasteiger partial charge in [-0.2, -0.15) is 4.98 Å². The Morgan fingerprint density at radius 2 is 2.21 bits per heavy atom. The molecule has 1 rings (SSSR count). The Kier molecular flexibility index (Phi) is 4.90. The van der Waals surface area contributed by atoms with E-state index < -0.39 is 22.6 Å². The second kappa shape index (κ2) is 6.02. The Balaban J connectivity index is 2.92. The van der Waals surface area contributed by atoms with Crippen LogP contribution in [-0.4, -0.2) is 38.5 Å². The number of likely N-dealkylation sites (N-methyl/N-ethyl adjacent to an activating group) is 1.